The minimum absolute atomic E-state index is 0.0521. The van der Waals surface area contributed by atoms with Crippen molar-refractivity contribution >= 4 is 29.8 Å². The van der Waals surface area contributed by atoms with Crippen molar-refractivity contribution in [3.8, 4) is 0 Å². The summed E-state index contributed by atoms with van der Waals surface area (Å²) in [6, 6.07) is -1.84. The molecule has 0 aromatic heterocycles. The first-order chi connectivity index (χ1) is 12.3. The van der Waals surface area contributed by atoms with Gasteiger partial charge in [0.05, 0.1) is 0 Å². The standard InChI is InChI=1S/C9H18N4O4.C4H6O6/c1-5(7(14)15)13-6(8(16)17)3-2-4-12-9(10)11;5-1(3(7)8)2(6)4(9)10/h5-6,13H,2-4H2,1H3,(H,14,15)(H,16,17)(H4,10,11,12);1-2,5-6H,(H,7,8)(H,9,10). The molecule has 0 aliphatic rings. The summed E-state index contributed by atoms with van der Waals surface area (Å²) in [5.74, 6) is -5.78. The minimum Gasteiger partial charge on any atom is -0.480 e. The monoisotopic (exact) mass is 396 g/mol. The van der Waals surface area contributed by atoms with E-state index in [2.05, 4.69) is 10.3 Å². The van der Waals surface area contributed by atoms with Gasteiger partial charge in [0.25, 0.3) is 0 Å². The number of nitrogens with zero attached hydrogens (tertiary/aromatic N) is 1. The van der Waals surface area contributed by atoms with Gasteiger partial charge in [0.15, 0.2) is 18.2 Å². The van der Waals surface area contributed by atoms with Crippen molar-refractivity contribution in [1.29, 1.82) is 0 Å². The molecule has 0 fully saturated rings. The fourth-order valence-electron chi connectivity index (χ4n) is 1.42. The van der Waals surface area contributed by atoms with Crippen LogP contribution in [0.2, 0.25) is 0 Å². The molecule has 14 nitrogen and oxygen atoms in total. The Kier molecular flexibility index (Phi) is 12.9. The molecule has 0 rings (SSSR count). The SMILES string of the molecule is CC(NC(CCCN=C(N)N)C(=O)O)C(=O)O.O=C(O)C(O)C(O)C(=O)O. The molecule has 14 heteroatoms. The number of aliphatic imine (C=N–C) groups is 1. The van der Waals surface area contributed by atoms with Crippen LogP contribution in [0.25, 0.3) is 0 Å². The normalized spacial score (nSPS) is 14.5. The van der Waals surface area contributed by atoms with Crippen molar-refractivity contribution in [3.63, 3.8) is 0 Å². The van der Waals surface area contributed by atoms with E-state index in [4.69, 9.17) is 42.1 Å². The lowest BCUT2D eigenvalue weighted by atomic mass is 10.1. The Labute approximate surface area is 153 Å². The summed E-state index contributed by atoms with van der Waals surface area (Å²) < 4.78 is 0. The van der Waals surface area contributed by atoms with E-state index in [-0.39, 0.29) is 12.4 Å². The lowest BCUT2D eigenvalue weighted by molar-refractivity contribution is -0.165. The molecule has 4 unspecified atom stereocenters. The van der Waals surface area contributed by atoms with Crippen LogP contribution < -0.4 is 16.8 Å². The van der Waals surface area contributed by atoms with Crippen molar-refractivity contribution in [1.82, 2.24) is 5.32 Å². The summed E-state index contributed by atoms with van der Waals surface area (Å²) in [7, 11) is 0. The highest BCUT2D eigenvalue weighted by molar-refractivity contribution is 5.83. The molecule has 27 heavy (non-hydrogen) atoms. The number of carbonyl (C=O) groups is 4. The third-order valence-corrected chi connectivity index (χ3v) is 2.87. The van der Waals surface area contributed by atoms with Gasteiger partial charge in [0.2, 0.25) is 0 Å². The Bertz CT molecular complexity index is 531. The number of rotatable bonds is 11. The zero-order valence-corrected chi connectivity index (χ0v) is 14.3. The maximum absolute atomic E-state index is 10.8. The van der Waals surface area contributed by atoms with Crippen LogP contribution in [-0.4, -0.2) is 91.3 Å². The number of aliphatic hydroxyl groups excluding tert-OH is 2. The topological polar surface area (TPSA) is 266 Å². The molecule has 0 saturated carbocycles. The molecule has 0 bridgehead atoms. The molecule has 156 valence electrons. The summed E-state index contributed by atoms with van der Waals surface area (Å²) in [6.45, 7) is 1.70. The van der Waals surface area contributed by atoms with E-state index in [0.29, 0.717) is 13.0 Å². The van der Waals surface area contributed by atoms with Crippen LogP contribution in [0.5, 0.6) is 0 Å². The van der Waals surface area contributed by atoms with Gasteiger partial charge in [-0.3, -0.25) is 19.9 Å². The largest absolute Gasteiger partial charge is 0.480 e. The van der Waals surface area contributed by atoms with E-state index in [1.54, 1.807) is 0 Å². The first-order valence-electron chi connectivity index (χ1n) is 7.40. The van der Waals surface area contributed by atoms with Gasteiger partial charge in [0, 0.05) is 6.54 Å². The fourth-order valence-corrected chi connectivity index (χ4v) is 1.42. The Hall–Kier alpha value is -2.97. The van der Waals surface area contributed by atoms with Gasteiger partial charge in [-0.1, -0.05) is 0 Å². The first kappa shape index (κ1) is 26.3. The van der Waals surface area contributed by atoms with Gasteiger partial charge in [-0.2, -0.15) is 0 Å². The maximum atomic E-state index is 10.8. The Morgan fingerprint density at radius 1 is 0.889 bits per heavy atom. The number of hydrogen-bond acceptors (Lipinski definition) is 8. The first-order valence-corrected chi connectivity index (χ1v) is 7.40. The van der Waals surface area contributed by atoms with Crippen LogP contribution in [0.3, 0.4) is 0 Å². The number of carboxylic acid groups (broad SMARTS) is 4. The second-order valence-electron chi connectivity index (χ2n) is 5.13. The van der Waals surface area contributed by atoms with Crippen LogP contribution in [-0.2, 0) is 19.2 Å². The Morgan fingerprint density at radius 3 is 1.63 bits per heavy atom. The van der Waals surface area contributed by atoms with Gasteiger partial charge in [-0.25, -0.2) is 9.59 Å². The lowest BCUT2D eigenvalue weighted by Gasteiger charge is -2.16. The molecule has 0 heterocycles. The zero-order valence-electron chi connectivity index (χ0n) is 14.3. The summed E-state index contributed by atoms with van der Waals surface area (Å²) in [5.41, 5.74) is 10.2. The number of hydrogen-bond donors (Lipinski definition) is 9. The van der Waals surface area contributed by atoms with Crippen LogP contribution in [0.4, 0.5) is 0 Å². The van der Waals surface area contributed by atoms with Crippen molar-refractivity contribution in [2.45, 2.75) is 44.1 Å². The van der Waals surface area contributed by atoms with E-state index in [1.807, 2.05) is 0 Å². The third-order valence-electron chi connectivity index (χ3n) is 2.87. The number of aliphatic hydroxyl groups is 2. The average molecular weight is 396 g/mol. The molecule has 4 atom stereocenters. The predicted octanol–water partition coefficient (Wildman–Crippen LogP) is -3.57. The van der Waals surface area contributed by atoms with Gasteiger partial charge < -0.3 is 42.1 Å². The number of guanidine groups is 1. The molecule has 0 aliphatic carbocycles. The molecule has 0 amide bonds. The van der Waals surface area contributed by atoms with Gasteiger partial charge in [0.1, 0.15) is 12.1 Å². The summed E-state index contributed by atoms with van der Waals surface area (Å²) in [6.07, 6.45) is -3.83. The zero-order chi connectivity index (χ0) is 21.7. The highest BCUT2D eigenvalue weighted by Gasteiger charge is 2.29. The fraction of sp³-hybridized carbons (Fsp3) is 0.615. The average Bonchev–Trinajstić information content (AvgIpc) is 2.55. The molecule has 0 aromatic carbocycles. The lowest BCUT2D eigenvalue weighted by Crippen LogP contribution is -2.45. The molecule has 0 spiro atoms. The quantitative estimate of drug-likeness (QED) is 0.0930. The molecule has 0 aliphatic heterocycles. The van der Waals surface area contributed by atoms with Crippen molar-refractivity contribution < 1.29 is 49.8 Å². The third kappa shape index (κ3) is 13.0. The van der Waals surface area contributed by atoms with Gasteiger partial charge in [-0.15, -0.1) is 0 Å². The number of carboxylic acids is 4. The summed E-state index contributed by atoms with van der Waals surface area (Å²) in [5, 5.41) is 52.5. The van der Waals surface area contributed by atoms with E-state index in [0.717, 1.165) is 0 Å². The van der Waals surface area contributed by atoms with Gasteiger partial charge in [-0.05, 0) is 19.8 Å². The Morgan fingerprint density at radius 2 is 1.33 bits per heavy atom. The maximum Gasteiger partial charge on any atom is 0.335 e. The predicted molar refractivity (Wildman–Crippen MR) is 88.9 cm³/mol. The van der Waals surface area contributed by atoms with Crippen molar-refractivity contribution in [2.75, 3.05) is 6.54 Å². The summed E-state index contributed by atoms with van der Waals surface area (Å²) in [4.78, 5) is 44.7. The number of nitrogens with one attached hydrogen (secondary N) is 1. The van der Waals surface area contributed by atoms with Crippen LogP contribution in [0.1, 0.15) is 19.8 Å². The van der Waals surface area contributed by atoms with Crippen LogP contribution in [0.15, 0.2) is 4.99 Å². The van der Waals surface area contributed by atoms with E-state index in [1.165, 1.54) is 6.92 Å². The molecular weight excluding hydrogens is 372 g/mol. The minimum atomic E-state index is -2.27. The Balaban J connectivity index is 0. The molecule has 11 N–H and O–H groups in total. The molecular formula is C13H24N4O10. The molecule has 0 radical (unpaired) electrons. The van der Waals surface area contributed by atoms with Crippen molar-refractivity contribution in [3.05, 3.63) is 0 Å². The van der Waals surface area contributed by atoms with Crippen LogP contribution in [0, 0.1) is 0 Å². The highest BCUT2D eigenvalue weighted by Crippen LogP contribution is 2.00. The number of aliphatic carboxylic acids is 4. The second-order valence-corrected chi connectivity index (χ2v) is 5.13. The molecule has 0 aromatic rings. The summed E-state index contributed by atoms with van der Waals surface area (Å²) >= 11 is 0. The number of nitrogens with two attached hydrogens (primary N) is 2. The second kappa shape index (κ2) is 13.3. The highest BCUT2D eigenvalue weighted by atomic mass is 16.4. The van der Waals surface area contributed by atoms with Crippen molar-refractivity contribution in [2.24, 2.45) is 16.5 Å². The van der Waals surface area contributed by atoms with E-state index < -0.39 is 48.2 Å². The smallest absolute Gasteiger partial charge is 0.335 e. The van der Waals surface area contributed by atoms with E-state index in [9.17, 15) is 19.2 Å². The van der Waals surface area contributed by atoms with E-state index >= 15 is 0 Å². The van der Waals surface area contributed by atoms with Crippen LogP contribution >= 0.6 is 0 Å². The molecule has 0 saturated heterocycles. The van der Waals surface area contributed by atoms with Gasteiger partial charge >= 0.3 is 23.9 Å².